The SMILES string of the molecule is C[C@@H]1C[C@@H]2CCCC[C@@H]2N1S(=O)(=O)c1ccccc1. The molecule has 1 aliphatic heterocycles. The Kier molecular flexibility index (Phi) is 3.39. The average molecular weight is 279 g/mol. The van der Waals surface area contributed by atoms with Crippen molar-refractivity contribution >= 4 is 10.0 Å². The minimum atomic E-state index is -3.32. The maximum atomic E-state index is 12.8. The van der Waals surface area contributed by atoms with E-state index in [2.05, 4.69) is 6.92 Å². The summed E-state index contributed by atoms with van der Waals surface area (Å²) in [6.45, 7) is 2.05. The largest absolute Gasteiger partial charge is 0.243 e. The van der Waals surface area contributed by atoms with Crippen molar-refractivity contribution in [1.29, 1.82) is 0 Å². The van der Waals surface area contributed by atoms with Gasteiger partial charge in [-0.3, -0.25) is 0 Å². The molecular formula is C15H21NO2S. The molecule has 1 aromatic carbocycles. The Bertz CT molecular complexity index is 541. The summed E-state index contributed by atoms with van der Waals surface area (Å²) in [6, 6.07) is 9.23. The lowest BCUT2D eigenvalue weighted by Gasteiger charge is -2.32. The maximum absolute atomic E-state index is 12.8. The average Bonchev–Trinajstić information content (AvgIpc) is 2.76. The molecule has 0 radical (unpaired) electrons. The molecule has 0 aromatic heterocycles. The van der Waals surface area contributed by atoms with Crippen molar-refractivity contribution in [3.05, 3.63) is 30.3 Å². The van der Waals surface area contributed by atoms with Crippen LogP contribution in [0.3, 0.4) is 0 Å². The van der Waals surface area contributed by atoms with Crippen molar-refractivity contribution < 1.29 is 8.42 Å². The molecule has 0 amide bonds. The lowest BCUT2D eigenvalue weighted by molar-refractivity contribution is 0.248. The van der Waals surface area contributed by atoms with Gasteiger partial charge in [-0.1, -0.05) is 31.0 Å². The minimum absolute atomic E-state index is 0.137. The summed E-state index contributed by atoms with van der Waals surface area (Å²) in [7, 11) is -3.32. The van der Waals surface area contributed by atoms with Gasteiger partial charge in [0.25, 0.3) is 0 Å². The van der Waals surface area contributed by atoms with Crippen LogP contribution in [0.15, 0.2) is 35.2 Å². The van der Waals surface area contributed by atoms with E-state index >= 15 is 0 Å². The molecule has 4 heteroatoms. The van der Waals surface area contributed by atoms with Gasteiger partial charge in [-0.25, -0.2) is 8.42 Å². The fourth-order valence-corrected chi connectivity index (χ4v) is 5.73. The molecule has 3 nitrogen and oxygen atoms in total. The van der Waals surface area contributed by atoms with Gasteiger partial charge in [-0.05, 0) is 44.2 Å². The van der Waals surface area contributed by atoms with Gasteiger partial charge in [-0.15, -0.1) is 0 Å². The summed E-state index contributed by atoms with van der Waals surface area (Å²) in [5, 5.41) is 0. The zero-order valence-corrected chi connectivity index (χ0v) is 12.1. The second kappa shape index (κ2) is 4.91. The normalized spacial score (nSPS) is 32.2. The molecule has 19 heavy (non-hydrogen) atoms. The zero-order chi connectivity index (χ0) is 13.5. The molecule has 0 N–H and O–H groups in total. The first-order chi connectivity index (χ1) is 9.10. The predicted octanol–water partition coefficient (Wildman–Crippen LogP) is 3.03. The molecule has 3 atom stereocenters. The highest BCUT2D eigenvalue weighted by atomic mass is 32.2. The molecule has 1 heterocycles. The lowest BCUT2D eigenvalue weighted by atomic mass is 9.85. The lowest BCUT2D eigenvalue weighted by Crippen LogP contribution is -2.42. The predicted molar refractivity (Wildman–Crippen MR) is 75.3 cm³/mol. The summed E-state index contributed by atoms with van der Waals surface area (Å²) in [6.07, 6.45) is 5.66. The van der Waals surface area contributed by atoms with Crippen molar-refractivity contribution in [2.45, 2.75) is 56.0 Å². The van der Waals surface area contributed by atoms with Gasteiger partial charge < -0.3 is 0 Å². The fourth-order valence-electron chi connectivity index (χ4n) is 3.80. The topological polar surface area (TPSA) is 37.4 Å². The Morgan fingerprint density at radius 2 is 1.79 bits per heavy atom. The van der Waals surface area contributed by atoms with E-state index in [0.717, 1.165) is 19.3 Å². The van der Waals surface area contributed by atoms with Crippen molar-refractivity contribution in [3.8, 4) is 0 Å². The third kappa shape index (κ3) is 2.21. The van der Waals surface area contributed by atoms with Gasteiger partial charge in [0.2, 0.25) is 10.0 Å². The van der Waals surface area contributed by atoms with Crippen LogP contribution in [0.4, 0.5) is 0 Å². The molecule has 1 saturated heterocycles. The summed E-state index contributed by atoms with van der Waals surface area (Å²) in [4.78, 5) is 0.438. The molecule has 3 rings (SSSR count). The van der Waals surface area contributed by atoms with Gasteiger partial charge in [0.05, 0.1) is 4.90 Å². The van der Waals surface area contributed by atoms with E-state index in [-0.39, 0.29) is 12.1 Å². The van der Waals surface area contributed by atoms with Crippen LogP contribution >= 0.6 is 0 Å². The molecule has 0 unspecified atom stereocenters. The Balaban J connectivity index is 1.96. The molecular weight excluding hydrogens is 258 g/mol. The molecule has 0 bridgehead atoms. The number of rotatable bonds is 2. The molecule has 0 spiro atoms. The highest BCUT2D eigenvalue weighted by Gasteiger charge is 2.46. The molecule has 1 saturated carbocycles. The molecule has 1 aromatic rings. The summed E-state index contributed by atoms with van der Waals surface area (Å²) < 4.78 is 27.4. The van der Waals surface area contributed by atoms with Crippen LogP contribution in [0.25, 0.3) is 0 Å². The first kappa shape index (κ1) is 13.1. The standard InChI is InChI=1S/C15H21NO2S/c1-12-11-13-7-5-6-10-15(13)16(12)19(17,18)14-8-3-2-4-9-14/h2-4,8-9,12-13,15H,5-7,10-11H2,1H3/t12-,13+,15+/m1/s1. The molecule has 1 aliphatic carbocycles. The van der Waals surface area contributed by atoms with Crippen LogP contribution in [0.2, 0.25) is 0 Å². The van der Waals surface area contributed by atoms with Crippen LogP contribution in [0, 0.1) is 5.92 Å². The second-order valence-corrected chi connectivity index (χ2v) is 7.69. The number of benzene rings is 1. The monoisotopic (exact) mass is 279 g/mol. The van der Waals surface area contributed by atoms with Crippen LogP contribution < -0.4 is 0 Å². The Labute approximate surface area is 115 Å². The van der Waals surface area contributed by atoms with E-state index in [4.69, 9.17) is 0 Å². The van der Waals surface area contributed by atoms with Gasteiger partial charge in [-0.2, -0.15) is 4.31 Å². The minimum Gasteiger partial charge on any atom is -0.207 e. The fraction of sp³-hybridized carbons (Fsp3) is 0.600. The summed E-state index contributed by atoms with van der Waals surface area (Å²) >= 11 is 0. The van der Waals surface area contributed by atoms with Crippen molar-refractivity contribution in [2.75, 3.05) is 0 Å². The van der Waals surface area contributed by atoms with Gasteiger partial charge >= 0.3 is 0 Å². The van der Waals surface area contributed by atoms with Gasteiger partial charge in [0.15, 0.2) is 0 Å². The Hall–Kier alpha value is -0.870. The first-order valence-corrected chi connectivity index (χ1v) is 8.63. The van der Waals surface area contributed by atoms with E-state index in [9.17, 15) is 8.42 Å². The highest BCUT2D eigenvalue weighted by molar-refractivity contribution is 7.89. The highest BCUT2D eigenvalue weighted by Crippen LogP contribution is 2.42. The number of sulfonamides is 1. The van der Waals surface area contributed by atoms with Crippen LogP contribution in [0.1, 0.15) is 39.0 Å². The van der Waals surface area contributed by atoms with Crippen LogP contribution in [-0.4, -0.2) is 24.8 Å². The first-order valence-electron chi connectivity index (χ1n) is 7.19. The number of nitrogens with zero attached hydrogens (tertiary/aromatic N) is 1. The molecule has 104 valence electrons. The van der Waals surface area contributed by atoms with Crippen molar-refractivity contribution in [1.82, 2.24) is 4.31 Å². The Morgan fingerprint density at radius 1 is 1.11 bits per heavy atom. The van der Waals surface area contributed by atoms with E-state index in [1.54, 1.807) is 28.6 Å². The molecule has 2 fully saturated rings. The Morgan fingerprint density at radius 3 is 2.53 bits per heavy atom. The van der Waals surface area contributed by atoms with Crippen molar-refractivity contribution in [3.63, 3.8) is 0 Å². The smallest absolute Gasteiger partial charge is 0.207 e. The maximum Gasteiger partial charge on any atom is 0.243 e. The zero-order valence-electron chi connectivity index (χ0n) is 11.3. The summed E-state index contributed by atoms with van der Waals surface area (Å²) in [5.74, 6) is 0.572. The summed E-state index contributed by atoms with van der Waals surface area (Å²) in [5.41, 5.74) is 0. The van der Waals surface area contributed by atoms with Crippen LogP contribution in [0.5, 0.6) is 0 Å². The van der Waals surface area contributed by atoms with Gasteiger partial charge in [0.1, 0.15) is 0 Å². The number of hydrogen-bond acceptors (Lipinski definition) is 2. The van der Waals surface area contributed by atoms with E-state index < -0.39 is 10.0 Å². The number of fused-ring (bicyclic) bond motifs is 1. The molecule has 2 aliphatic rings. The van der Waals surface area contributed by atoms with E-state index in [1.165, 1.54) is 12.8 Å². The third-order valence-corrected chi connectivity index (χ3v) is 6.65. The second-order valence-electron chi connectivity index (χ2n) is 5.84. The van der Waals surface area contributed by atoms with Crippen LogP contribution in [-0.2, 0) is 10.0 Å². The van der Waals surface area contributed by atoms with Crippen molar-refractivity contribution in [2.24, 2.45) is 5.92 Å². The van der Waals surface area contributed by atoms with E-state index in [1.807, 2.05) is 6.07 Å². The van der Waals surface area contributed by atoms with E-state index in [0.29, 0.717) is 10.8 Å². The third-order valence-electron chi connectivity index (χ3n) is 4.59. The van der Waals surface area contributed by atoms with Gasteiger partial charge in [0, 0.05) is 12.1 Å². The number of hydrogen-bond donors (Lipinski definition) is 0. The quantitative estimate of drug-likeness (QED) is 0.834.